The summed E-state index contributed by atoms with van der Waals surface area (Å²) in [7, 11) is 2.18. The molecule has 0 aliphatic carbocycles. The number of rotatable bonds is 7. The minimum atomic E-state index is 0.496. The molecule has 0 saturated carbocycles. The van der Waals surface area contributed by atoms with Gasteiger partial charge >= 0.3 is 0 Å². The van der Waals surface area contributed by atoms with Crippen molar-refractivity contribution in [2.75, 3.05) is 38.7 Å². The van der Waals surface area contributed by atoms with Gasteiger partial charge in [0.15, 0.2) is 0 Å². The molecular formula is C18H26N4O. The zero-order chi connectivity index (χ0) is 16.1. The Morgan fingerprint density at radius 1 is 1.35 bits per heavy atom. The van der Waals surface area contributed by atoms with Crippen LogP contribution in [0.5, 0.6) is 0 Å². The zero-order valence-corrected chi connectivity index (χ0v) is 13.9. The fourth-order valence-corrected chi connectivity index (χ4v) is 3.07. The van der Waals surface area contributed by atoms with E-state index in [-0.39, 0.29) is 0 Å². The van der Waals surface area contributed by atoms with Crippen molar-refractivity contribution >= 4 is 17.0 Å². The van der Waals surface area contributed by atoms with Crippen LogP contribution in [0.3, 0.4) is 0 Å². The third kappa shape index (κ3) is 3.92. The lowest BCUT2D eigenvalue weighted by Gasteiger charge is -2.29. The smallest absolute Gasteiger partial charge is 0.204 e. The first-order chi connectivity index (χ1) is 11.3. The van der Waals surface area contributed by atoms with Crippen molar-refractivity contribution < 1.29 is 4.74 Å². The summed E-state index contributed by atoms with van der Waals surface area (Å²) >= 11 is 0. The first-order valence-electron chi connectivity index (χ1n) is 8.37. The molecule has 0 spiro atoms. The number of fused-ring (bicyclic) bond motifs is 1. The van der Waals surface area contributed by atoms with Gasteiger partial charge in [-0.3, -0.25) is 0 Å². The monoisotopic (exact) mass is 314 g/mol. The van der Waals surface area contributed by atoms with Gasteiger partial charge in [0, 0.05) is 12.6 Å². The SMILES string of the molecule is C=CCOCCn1c(NC2CCN(C)CC2)nc2ccccc21. The highest BCUT2D eigenvalue weighted by Gasteiger charge is 2.19. The fraction of sp³-hybridized carbons (Fsp3) is 0.500. The number of ether oxygens (including phenoxy) is 1. The van der Waals surface area contributed by atoms with E-state index in [1.807, 2.05) is 6.07 Å². The van der Waals surface area contributed by atoms with E-state index in [1.165, 1.54) is 0 Å². The van der Waals surface area contributed by atoms with Crippen LogP contribution in [0.25, 0.3) is 11.0 Å². The number of hydrogen-bond acceptors (Lipinski definition) is 4. The summed E-state index contributed by atoms with van der Waals surface area (Å²) in [5, 5.41) is 3.65. The lowest BCUT2D eigenvalue weighted by atomic mass is 10.1. The van der Waals surface area contributed by atoms with Gasteiger partial charge in [-0.25, -0.2) is 4.98 Å². The van der Waals surface area contributed by atoms with Crippen molar-refractivity contribution in [2.45, 2.75) is 25.4 Å². The number of hydrogen-bond donors (Lipinski definition) is 1. The van der Waals surface area contributed by atoms with Gasteiger partial charge in [0.2, 0.25) is 5.95 Å². The van der Waals surface area contributed by atoms with E-state index >= 15 is 0 Å². The van der Waals surface area contributed by atoms with Crippen molar-refractivity contribution in [2.24, 2.45) is 0 Å². The maximum absolute atomic E-state index is 5.56. The zero-order valence-electron chi connectivity index (χ0n) is 13.9. The molecule has 1 N–H and O–H groups in total. The van der Waals surface area contributed by atoms with Crippen LogP contribution in [0.1, 0.15) is 12.8 Å². The largest absolute Gasteiger partial charge is 0.376 e. The van der Waals surface area contributed by atoms with Crippen LogP contribution in [0.4, 0.5) is 5.95 Å². The van der Waals surface area contributed by atoms with Crippen LogP contribution in [0.2, 0.25) is 0 Å². The second-order valence-electron chi connectivity index (χ2n) is 6.16. The Bertz CT molecular complexity index is 644. The number of anilines is 1. The highest BCUT2D eigenvalue weighted by Crippen LogP contribution is 2.22. The summed E-state index contributed by atoms with van der Waals surface area (Å²) in [6.45, 7) is 8.01. The van der Waals surface area contributed by atoms with Crippen molar-refractivity contribution in [3.63, 3.8) is 0 Å². The van der Waals surface area contributed by atoms with Gasteiger partial charge in [-0.15, -0.1) is 6.58 Å². The predicted octanol–water partition coefficient (Wildman–Crippen LogP) is 2.75. The highest BCUT2D eigenvalue weighted by molar-refractivity contribution is 5.78. The summed E-state index contributed by atoms with van der Waals surface area (Å²) < 4.78 is 7.80. The van der Waals surface area contributed by atoms with Crippen LogP contribution < -0.4 is 5.32 Å². The third-order valence-corrected chi connectivity index (χ3v) is 4.40. The van der Waals surface area contributed by atoms with E-state index in [4.69, 9.17) is 9.72 Å². The van der Waals surface area contributed by atoms with Crippen molar-refractivity contribution in [3.05, 3.63) is 36.9 Å². The molecule has 1 aromatic heterocycles. The number of aromatic nitrogens is 2. The summed E-state index contributed by atoms with van der Waals surface area (Å²) in [5.74, 6) is 0.961. The molecule has 1 fully saturated rings. The summed E-state index contributed by atoms with van der Waals surface area (Å²) in [6.07, 6.45) is 4.10. The Hall–Kier alpha value is -1.85. The minimum Gasteiger partial charge on any atom is -0.376 e. The number of likely N-dealkylation sites (tertiary alicyclic amines) is 1. The standard InChI is InChI=1S/C18H26N4O/c1-3-13-23-14-12-22-17-7-5-4-6-16(17)20-18(22)19-15-8-10-21(2)11-9-15/h3-7,15H,1,8-14H2,2H3,(H,19,20). The summed E-state index contributed by atoms with van der Waals surface area (Å²) in [4.78, 5) is 7.17. The molecule has 1 aliphatic heterocycles. The molecule has 2 aromatic rings. The molecule has 0 unspecified atom stereocenters. The van der Waals surface area contributed by atoms with Gasteiger partial charge in [-0.1, -0.05) is 18.2 Å². The maximum atomic E-state index is 5.56. The third-order valence-electron chi connectivity index (χ3n) is 4.40. The van der Waals surface area contributed by atoms with Crippen molar-refractivity contribution in [1.82, 2.24) is 14.5 Å². The molecule has 1 aliphatic rings. The summed E-state index contributed by atoms with van der Waals surface area (Å²) in [6, 6.07) is 8.78. The van der Waals surface area contributed by atoms with Gasteiger partial charge in [-0.2, -0.15) is 0 Å². The van der Waals surface area contributed by atoms with Crippen LogP contribution >= 0.6 is 0 Å². The number of imidazole rings is 1. The number of piperidine rings is 1. The molecule has 0 bridgehead atoms. The van der Waals surface area contributed by atoms with Crippen molar-refractivity contribution in [1.29, 1.82) is 0 Å². The highest BCUT2D eigenvalue weighted by atomic mass is 16.5. The van der Waals surface area contributed by atoms with Gasteiger partial charge in [0.05, 0.1) is 24.2 Å². The second-order valence-corrected chi connectivity index (χ2v) is 6.16. The fourth-order valence-electron chi connectivity index (χ4n) is 3.07. The second kappa shape index (κ2) is 7.62. The van der Waals surface area contributed by atoms with Crippen LogP contribution in [0.15, 0.2) is 36.9 Å². The number of benzene rings is 1. The molecule has 5 nitrogen and oxygen atoms in total. The van der Waals surface area contributed by atoms with E-state index in [0.717, 1.165) is 49.5 Å². The lowest BCUT2D eigenvalue weighted by Crippen LogP contribution is -2.37. The average Bonchev–Trinajstić information content (AvgIpc) is 2.91. The molecule has 0 amide bonds. The lowest BCUT2D eigenvalue weighted by molar-refractivity contribution is 0.154. The first kappa shape index (κ1) is 16.0. The molecule has 0 radical (unpaired) electrons. The maximum Gasteiger partial charge on any atom is 0.204 e. The van der Waals surface area contributed by atoms with Crippen LogP contribution in [-0.4, -0.2) is 53.8 Å². The minimum absolute atomic E-state index is 0.496. The molecule has 5 heteroatoms. The van der Waals surface area contributed by atoms with Gasteiger partial charge in [-0.05, 0) is 45.1 Å². The van der Waals surface area contributed by atoms with Crippen LogP contribution in [0, 0.1) is 0 Å². The van der Waals surface area contributed by atoms with E-state index in [1.54, 1.807) is 6.08 Å². The Morgan fingerprint density at radius 2 is 2.13 bits per heavy atom. The average molecular weight is 314 g/mol. The van der Waals surface area contributed by atoms with Crippen molar-refractivity contribution in [3.8, 4) is 0 Å². The van der Waals surface area contributed by atoms with E-state index < -0.39 is 0 Å². The number of para-hydroxylation sites is 2. The number of nitrogens with zero attached hydrogens (tertiary/aromatic N) is 3. The van der Waals surface area contributed by atoms with Gasteiger partial charge in [0.25, 0.3) is 0 Å². The predicted molar refractivity (Wildman–Crippen MR) is 94.9 cm³/mol. The molecule has 23 heavy (non-hydrogen) atoms. The van der Waals surface area contributed by atoms with E-state index in [2.05, 4.69) is 46.6 Å². The molecule has 1 aromatic carbocycles. The van der Waals surface area contributed by atoms with E-state index in [9.17, 15) is 0 Å². The topological polar surface area (TPSA) is 42.3 Å². The molecule has 3 rings (SSSR count). The van der Waals surface area contributed by atoms with Gasteiger partial charge in [0.1, 0.15) is 0 Å². The molecule has 1 saturated heterocycles. The molecular weight excluding hydrogens is 288 g/mol. The Kier molecular flexibility index (Phi) is 5.31. The van der Waals surface area contributed by atoms with Crippen LogP contribution in [-0.2, 0) is 11.3 Å². The van der Waals surface area contributed by atoms with E-state index in [0.29, 0.717) is 19.3 Å². The Labute approximate surface area is 137 Å². The Balaban J connectivity index is 1.76. The van der Waals surface area contributed by atoms with Gasteiger partial charge < -0.3 is 19.5 Å². The number of nitrogens with one attached hydrogen (secondary N) is 1. The molecule has 2 heterocycles. The quantitative estimate of drug-likeness (QED) is 0.630. The summed E-state index contributed by atoms with van der Waals surface area (Å²) in [5.41, 5.74) is 2.19. The first-order valence-corrected chi connectivity index (χ1v) is 8.37. The Morgan fingerprint density at radius 3 is 2.91 bits per heavy atom. The molecule has 0 atom stereocenters. The normalized spacial score (nSPS) is 16.7. The molecule has 124 valence electrons.